The first kappa shape index (κ1) is 12.7. The molecule has 1 unspecified atom stereocenters. The van der Waals surface area contributed by atoms with Gasteiger partial charge in [-0.2, -0.15) is 0 Å². The third kappa shape index (κ3) is 2.39. The molecule has 3 nitrogen and oxygen atoms in total. The van der Waals surface area contributed by atoms with Crippen molar-refractivity contribution in [2.45, 2.75) is 44.6 Å². The summed E-state index contributed by atoms with van der Waals surface area (Å²) in [6.07, 6.45) is 5.60. The summed E-state index contributed by atoms with van der Waals surface area (Å²) in [5.41, 5.74) is 2.95. The molecule has 1 saturated carbocycles. The molecule has 102 valence electrons. The van der Waals surface area contributed by atoms with Crippen molar-refractivity contribution < 1.29 is 9.90 Å². The van der Waals surface area contributed by atoms with Gasteiger partial charge >= 0.3 is 0 Å². The van der Waals surface area contributed by atoms with Gasteiger partial charge in [-0.05, 0) is 68.2 Å². The van der Waals surface area contributed by atoms with Gasteiger partial charge in [0, 0.05) is 5.56 Å². The number of hydrogen-bond acceptors (Lipinski definition) is 2. The number of nitrogens with one attached hydrogen (secondary N) is 1. The van der Waals surface area contributed by atoms with E-state index in [1.165, 1.54) is 17.5 Å². The van der Waals surface area contributed by atoms with Crippen molar-refractivity contribution in [2.24, 2.45) is 5.92 Å². The second kappa shape index (κ2) is 4.64. The van der Waals surface area contributed by atoms with E-state index in [0.29, 0.717) is 5.92 Å². The lowest BCUT2D eigenvalue weighted by Crippen LogP contribution is -2.50. The normalized spacial score (nSPS) is 20.7. The molecule has 2 aliphatic carbocycles. The Hall–Kier alpha value is -1.35. The Morgan fingerprint density at radius 2 is 2.11 bits per heavy atom. The minimum Gasteiger partial charge on any atom is -0.394 e. The first-order valence-electron chi connectivity index (χ1n) is 7.17. The van der Waals surface area contributed by atoms with E-state index in [0.717, 1.165) is 31.2 Å². The standard InChI is InChI=1S/C16H21NO2/c1-16(10-18,14-7-8-14)17-15(19)13-6-5-11-3-2-4-12(11)9-13/h5-6,9,14,18H,2-4,7-8,10H2,1H3,(H,17,19). The van der Waals surface area contributed by atoms with Gasteiger partial charge in [-0.1, -0.05) is 6.07 Å². The predicted octanol–water partition coefficient (Wildman–Crippen LogP) is 2.07. The largest absolute Gasteiger partial charge is 0.394 e. The fourth-order valence-corrected chi connectivity index (χ4v) is 3.04. The Bertz CT molecular complexity index is 507. The Morgan fingerprint density at radius 1 is 1.37 bits per heavy atom. The maximum atomic E-state index is 12.3. The van der Waals surface area contributed by atoms with Gasteiger partial charge in [0.25, 0.3) is 5.91 Å². The highest BCUT2D eigenvalue weighted by Gasteiger charge is 2.42. The van der Waals surface area contributed by atoms with Crippen molar-refractivity contribution in [3.63, 3.8) is 0 Å². The highest BCUT2D eigenvalue weighted by Crippen LogP contribution is 2.39. The van der Waals surface area contributed by atoms with Crippen LogP contribution in [-0.4, -0.2) is 23.2 Å². The summed E-state index contributed by atoms with van der Waals surface area (Å²) >= 11 is 0. The van der Waals surface area contributed by atoms with E-state index >= 15 is 0 Å². The predicted molar refractivity (Wildman–Crippen MR) is 74.1 cm³/mol. The second-order valence-corrected chi connectivity index (χ2v) is 6.14. The Labute approximate surface area is 114 Å². The van der Waals surface area contributed by atoms with E-state index in [9.17, 15) is 9.90 Å². The maximum Gasteiger partial charge on any atom is 0.251 e. The summed E-state index contributed by atoms with van der Waals surface area (Å²) in [6, 6.07) is 6.00. The molecule has 0 heterocycles. The van der Waals surface area contributed by atoms with Gasteiger partial charge in [-0.25, -0.2) is 0 Å². The van der Waals surface area contributed by atoms with E-state index in [-0.39, 0.29) is 12.5 Å². The second-order valence-electron chi connectivity index (χ2n) is 6.14. The summed E-state index contributed by atoms with van der Waals surface area (Å²) in [5, 5.41) is 12.6. The zero-order valence-electron chi connectivity index (χ0n) is 11.4. The summed E-state index contributed by atoms with van der Waals surface area (Å²) in [7, 11) is 0. The number of aliphatic hydroxyl groups excluding tert-OH is 1. The molecule has 3 heteroatoms. The molecule has 1 fully saturated rings. The van der Waals surface area contributed by atoms with Crippen molar-refractivity contribution in [1.82, 2.24) is 5.32 Å². The smallest absolute Gasteiger partial charge is 0.251 e. The van der Waals surface area contributed by atoms with E-state index in [2.05, 4.69) is 11.4 Å². The van der Waals surface area contributed by atoms with Crippen molar-refractivity contribution in [3.05, 3.63) is 34.9 Å². The van der Waals surface area contributed by atoms with E-state index in [1.807, 2.05) is 19.1 Å². The summed E-state index contributed by atoms with van der Waals surface area (Å²) < 4.78 is 0. The molecule has 0 saturated heterocycles. The number of carbonyl (C=O) groups is 1. The highest BCUT2D eigenvalue weighted by atomic mass is 16.3. The number of hydrogen-bond donors (Lipinski definition) is 2. The fraction of sp³-hybridized carbons (Fsp3) is 0.562. The van der Waals surface area contributed by atoms with Gasteiger partial charge in [0.15, 0.2) is 0 Å². The average Bonchev–Trinajstić information content (AvgIpc) is 3.17. The molecule has 0 aromatic heterocycles. The number of aliphatic hydroxyl groups is 1. The minimum atomic E-state index is -0.462. The molecule has 1 aromatic rings. The lowest BCUT2D eigenvalue weighted by Gasteiger charge is -2.28. The van der Waals surface area contributed by atoms with Crippen LogP contribution in [-0.2, 0) is 12.8 Å². The molecule has 3 rings (SSSR count). The number of rotatable bonds is 4. The van der Waals surface area contributed by atoms with Crippen LogP contribution >= 0.6 is 0 Å². The molecule has 19 heavy (non-hydrogen) atoms. The van der Waals surface area contributed by atoms with Crippen LogP contribution in [0.2, 0.25) is 0 Å². The van der Waals surface area contributed by atoms with Crippen molar-refractivity contribution in [3.8, 4) is 0 Å². The van der Waals surface area contributed by atoms with Gasteiger partial charge < -0.3 is 10.4 Å². The van der Waals surface area contributed by atoms with E-state index in [4.69, 9.17) is 0 Å². The van der Waals surface area contributed by atoms with Gasteiger partial charge in [-0.3, -0.25) is 4.79 Å². The van der Waals surface area contributed by atoms with E-state index in [1.54, 1.807) is 0 Å². The fourth-order valence-electron chi connectivity index (χ4n) is 3.04. The van der Waals surface area contributed by atoms with Crippen molar-refractivity contribution in [2.75, 3.05) is 6.61 Å². The van der Waals surface area contributed by atoms with Crippen LogP contribution in [0.4, 0.5) is 0 Å². The molecule has 2 N–H and O–H groups in total. The summed E-state index contributed by atoms with van der Waals surface area (Å²) in [6.45, 7) is 1.95. The average molecular weight is 259 g/mol. The maximum absolute atomic E-state index is 12.3. The molecule has 1 atom stereocenters. The number of amides is 1. The number of benzene rings is 1. The third-order valence-electron chi connectivity index (χ3n) is 4.57. The van der Waals surface area contributed by atoms with E-state index < -0.39 is 5.54 Å². The van der Waals surface area contributed by atoms with Crippen LogP contribution in [0.1, 0.15) is 47.7 Å². The molecule has 0 radical (unpaired) electrons. The first-order valence-corrected chi connectivity index (χ1v) is 7.17. The van der Waals surface area contributed by atoms with Crippen LogP contribution in [0.25, 0.3) is 0 Å². The van der Waals surface area contributed by atoms with Gasteiger partial charge in [0.2, 0.25) is 0 Å². The van der Waals surface area contributed by atoms with Crippen molar-refractivity contribution in [1.29, 1.82) is 0 Å². The summed E-state index contributed by atoms with van der Waals surface area (Å²) in [5.74, 6) is 0.369. The topological polar surface area (TPSA) is 49.3 Å². The Kier molecular flexibility index (Phi) is 3.09. The molecule has 0 aliphatic heterocycles. The molecule has 0 bridgehead atoms. The molecule has 2 aliphatic rings. The van der Waals surface area contributed by atoms with Gasteiger partial charge in [0.1, 0.15) is 0 Å². The molecule has 0 spiro atoms. The van der Waals surface area contributed by atoms with Gasteiger partial charge in [-0.15, -0.1) is 0 Å². The molecular weight excluding hydrogens is 238 g/mol. The van der Waals surface area contributed by atoms with Crippen molar-refractivity contribution >= 4 is 5.91 Å². The quantitative estimate of drug-likeness (QED) is 0.869. The van der Waals surface area contributed by atoms with Crippen LogP contribution < -0.4 is 5.32 Å². The number of carbonyl (C=O) groups excluding carboxylic acids is 1. The summed E-state index contributed by atoms with van der Waals surface area (Å²) in [4.78, 5) is 12.3. The molecular formula is C16H21NO2. The Morgan fingerprint density at radius 3 is 2.79 bits per heavy atom. The van der Waals surface area contributed by atoms with Crippen LogP contribution in [0.5, 0.6) is 0 Å². The Balaban J connectivity index is 1.76. The molecule has 1 aromatic carbocycles. The van der Waals surface area contributed by atoms with Crippen LogP contribution in [0, 0.1) is 5.92 Å². The lowest BCUT2D eigenvalue weighted by molar-refractivity contribution is 0.0824. The first-order chi connectivity index (χ1) is 9.12. The zero-order valence-corrected chi connectivity index (χ0v) is 11.4. The minimum absolute atomic E-state index is 0.00828. The lowest BCUT2D eigenvalue weighted by atomic mass is 9.96. The van der Waals surface area contributed by atoms with Crippen LogP contribution in [0.3, 0.4) is 0 Å². The monoisotopic (exact) mass is 259 g/mol. The third-order valence-corrected chi connectivity index (χ3v) is 4.57. The SMILES string of the molecule is CC(CO)(NC(=O)c1ccc2c(c1)CCC2)C1CC1. The highest BCUT2D eigenvalue weighted by molar-refractivity contribution is 5.95. The molecule has 1 amide bonds. The zero-order chi connectivity index (χ0) is 13.5. The number of fused-ring (bicyclic) bond motifs is 1. The number of aryl methyl sites for hydroxylation is 2. The van der Waals surface area contributed by atoms with Gasteiger partial charge in [0.05, 0.1) is 12.1 Å². The van der Waals surface area contributed by atoms with Crippen LogP contribution in [0.15, 0.2) is 18.2 Å².